The van der Waals surface area contributed by atoms with Crippen LogP contribution in [0.5, 0.6) is 0 Å². The molecule has 0 saturated heterocycles. The minimum absolute atomic E-state index is 0. The Labute approximate surface area is 174 Å². The summed E-state index contributed by atoms with van der Waals surface area (Å²) in [4.78, 5) is 18.3. The van der Waals surface area contributed by atoms with Gasteiger partial charge in [0.2, 0.25) is 0 Å². The molecule has 1 amide bonds. The molecule has 0 aliphatic rings. The van der Waals surface area contributed by atoms with E-state index in [9.17, 15) is 4.79 Å². The summed E-state index contributed by atoms with van der Waals surface area (Å²) in [6, 6.07) is 4.02. The Morgan fingerprint density at radius 3 is 2.38 bits per heavy atom. The SMILES string of the molecule is CCNC(=NCCN(CC)C(=O)OC(C)(C)C)NCCn1cccc1.I. The van der Waals surface area contributed by atoms with Crippen molar-refractivity contribution in [2.24, 2.45) is 4.99 Å². The van der Waals surface area contributed by atoms with E-state index in [4.69, 9.17) is 4.74 Å². The number of guanidine groups is 1. The summed E-state index contributed by atoms with van der Waals surface area (Å²) >= 11 is 0. The van der Waals surface area contributed by atoms with Gasteiger partial charge in [0.05, 0.1) is 6.54 Å². The number of nitrogens with zero attached hydrogens (tertiary/aromatic N) is 3. The van der Waals surface area contributed by atoms with Gasteiger partial charge in [0.25, 0.3) is 0 Å². The molecular formula is C18H34IN5O2. The van der Waals surface area contributed by atoms with Crippen LogP contribution in [0.4, 0.5) is 4.79 Å². The Kier molecular flexibility index (Phi) is 12.1. The Balaban J connectivity index is 0.00000625. The van der Waals surface area contributed by atoms with Crippen molar-refractivity contribution in [2.75, 3.05) is 32.7 Å². The molecule has 0 atom stereocenters. The van der Waals surface area contributed by atoms with Crippen LogP contribution in [0.3, 0.4) is 0 Å². The van der Waals surface area contributed by atoms with Gasteiger partial charge in [0.1, 0.15) is 5.60 Å². The van der Waals surface area contributed by atoms with Gasteiger partial charge in [0, 0.05) is 45.1 Å². The lowest BCUT2D eigenvalue weighted by Gasteiger charge is -2.26. The molecule has 26 heavy (non-hydrogen) atoms. The number of carbonyl (C=O) groups is 1. The maximum atomic E-state index is 12.1. The molecule has 0 bridgehead atoms. The van der Waals surface area contributed by atoms with E-state index in [0.717, 1.165) is 25.6 Å². The predicted molar refractivity (Wildman–Crippen MR) is 117 cm³/mol. The topological polar surface area (TPSA) is 70.9 Å². The van der Waals surface area contributed by atoms with E-state index < -0.39 is 5.60 Å². The van der Waals surface area contributed by atoms with Gasteiger partial charge in [-0.25, -0.2) is 4.79 Å². The second-order valence-corrected chi connectivity index (χ2v) is 6.67. The van der Waals surface area contributed by atoms with Crippen LogP contribution in [0.25, 0.3) is 0 Å². The summed E-state index contributed by atoms with van der Waals surface area (Å²) in [6.07, 6.45) is 3.77. The van der Waals surface area contributed by atoms with Crippen molar-refractivity contribution < 1.29 is 9.53 Å². The highest BCUT2D eigenvalue weighted by molar-refractivity contribution is 14.0. The first-order valence-corrected chi connectivity index (χ1v) is 8.96. The van der Waals surface area contributed by atoms with Gasteiger partial charge in [0.15, 0.2) is 5.96 Å². The first-order valence-electron chi connectivity index (χ1n) is 8.96. The van der Waals surface area contributed by atoms with Gasteiger partial charge in [-0.3, -0.25) is 4.99 Å². The van der Waals surface area contributed by atoms with Crippen molar-refractivity contribution in [1.29, 1.82) is 0 Å². The molecule has 8 heteroatoms. The van der Waals surface area contributed by atoms with E-state index in [1.165, 1.54) is 0 Å². The van der Waals surface area contributed by atoms with Gasteiger partial charge < -0.3 is 24.8 Å². The summed E-state index contributed by atoms with van der Waals surface area (Å²) in [5.74, 6) is 0.759. The van der Waals surface area contributed by atoms with Gasteiger partial charge in [-0.05, 0) is 46.8 Å². The molecule has 1 aromatic heterocycles. The van der Waals surface area contributed by atoms with Gasteiger partial charge in [-0.1, -0.05) is 0 Å². The number of aliphatic imine (C=N–C) groups is 1. The van der Waals surface area contributed by atoms with E-state index in [2.05, 4.69) is 20.2 Å². The number of amides is 1. The lowest BCUT2D eigenvalue weighted by molar-refractivity contribution is 0.0266. The first-order chi connectivity index (χ1) is 11.9. The van der Waals surface area contributed by atoms with Crippen molar-refractivity contribution in [2.45, 2.75) is 46.8 Å². The minimum atomic E-state index is -0.483. The molecule has 0 aliphatic heterocycles. The molecule has 150 valence electrons. The lowest BCUT2D eigenvalue weighted by atomic mass is 10.2. The molecule has 0 fully saturated rings. The van der Waals surface area contributed by atoms with Gasteiger partial charge >= 0.3 is 6.09 Å². The summed E-state index contributed by atoms with van der Waals surface area (Å²) in [5.41, 5.74) is -0.483. The normalized spacial score (nSPS) is 11.5. The molecule has 0 radical (unpaired) electrons. The fraction of sp³-hybridized carbons (Fsp3) is 0.667. The Morgan fingerprint density at radius 1 is 1.19 bits per heavy atom. The highest BCUT2D eigenvalue weighted by Crippen LogP contribution is 2.09. The highest BCUT2D eigenvalue weighted by Gasteiger charge is 2.20. The van der Waals surface area contributed by atoms with Crippen molar-refractivity contribution in [3.8, 4) is 0 Å². The van der Waals surface area contributed by atoms with Crippen LogP contribution in [-0.2, 0) is 11.3 Å². The zero-order valence-electron chi connectivity index (χ0n) is 16.6. The van der Waals surface area contributed by atoms with Crippen LogP contribution in [0.2, 0.25) is 0 Å². The van der Waals surface area contributed by atoms with Crippen LogP contribution in [0.1, 0.15) is 34.6 Å². The van der Waals surface area contributed by atoms with Crippen LogP contribution in [0, 0.1) is 0 Å². The van der Waals surface area contributed by atoms with Gasteiger partial charge in [-0.2, -0.15) is 0 Å². The van der Waals surface area contributed by atoms with Crippen LogP contribution in [0.15, 0.2) is 29.5 Å². The van der Waals surface area contributed by atoms with Crippen molar-refractivity contribution >= 4 is 36.0 Å². The third kappa shape index (κ3) is 10.5. The zero-order valence-corrected chi connectivity index (χ0v) is 18.9. The molecule has 7 nitrogen and oxygen atoms in total. The van der Waals surface area contributed by atoms with E-state index >= 15 is 0 Å². The molecule has 1 heterocycles. The molecule has 0 spiro atoms. The summed E-state index contributed by atoms with van der Waals surface area (Å²) in [5, 5.41) is 6.52. The fourth-order valence-corrected chi connectivity index (χ4v) is 2.15. The number of nitrogens with one attached hydrogen (secondary N) is 2. The number of hydrogen-bond donors (Lipinski definition) is 2. The number of ether oxygens (including phenoxy) is 1. The summed E-state index contributed by atoms with van der Waals surface area (Å²) in [6.45, 7) is 13.7. The van der Waals surface area contributed by atoms with Crippen LogP contribution >= 0.6 is 24.0 Å². The van der Waals surface area contributed by atoms with Crippen LogP contribution < -0.4 is 10.6 Å². The molecular weight excluding hydrogens is 445 g/mol. The quantitative estimate of drug-likeness (QED) is 0.342. The number of rotatable bonds is 8. The second kappa shape index (κ2) is 12.8. The number of carbonyl (C=O) groups excluding carboxylic acids is 1. The second-order valence-electron chi connectivity index (χ2n) is 6.67. The van der Waals surface area contributed by atoms with Crippen molar-refractivity contribution in [3.63, 3.8) is 0 Å². The van der Waals surface area contributed by atoms with Crippen LogP contribution in [-0.4, -0.2) is 59.8 Å². The average Bonchev–Trinajstić information content (AvgIpc) is 3.03. The largest absolute Gasteiger partial charge is 0.444 e. The average molecular weight is 479 g/mol. The minimum Gasteiger partial charge on any atom is -0.444 e. The Morgan fingerprint density at radius 2 is 1.85 bits per heavy atom. The number of halogens is 1. The lowest BCUT2D eigenvalue weighted by Crippen LogP contribution is -2.40. The number of hydrogen-bond acceptors (Lipinski definition) is 3. The third-order valence-electron chi connectivity index (χ3n) is 3.35. The fourth-order valence-electron chi connectivity index (χ4n) is 2.15. The highest BCUT2D eigenvalue weighted by atomic mass is 127. The molecule has 0 aromatic carbocycles. The molecule has 1 aromatic rings. The molecule has 0 unspecified atom stereocenters. The van der Waals surface area contributed by atoms with Gasteiger partial charge in [-0.15, -0.1) is 24.0 Å². The standard InChI is InChI=1S/C18H33N5O2.HI/c1-6-19-16(20-10-14-22-12-8-9-13-22)21-11-15-23(7-2)17(24)25-18(3,4)5;/h8-9,12-13H,6-7,10-11,14-15H2,1-5H3,(H2,19,20,21);1H. The molecule has 0 saturated carbocycles. The smallest absolute Gasteiger partial charge is 0.410 e. The summed E-state index contributed by atoms with van der Waals surface area (Å²) in [7, 11) is 0. The molecule has 2 N–H and O–H groups in total. The van der Waals surface area contributed by atoms with Crippen molar-refractivity contribution in [3.05, 3.63) is 24.5 Å². The number of aromatic nitrogens is 1. The van der Waals surface area contributed by atoms with E-state index in [1.54, 1.807) is 4.90 Å². The maximum absolute atomic E-state index is 12.1. The molecule has 0 aliphatic carbocycles. The van der Waals surface area contributed by atoms with E-state index in [0.29, 0.717) is 19.6 Å². The maximum Gasteiger partial charge on any atom is 0.410 e. The molecule has 1 rings (SSSR count). The Bertz CT molecular complexity index is 526. The van der Waals surface area contributed by atoms with E-state index in [1.807, 2.05) is 59.1 Å². The van der Waals surface area contributed by atoms with E-state index in [-0.39, 0.29) is 30.1 Å². The van der Waals surface area contributed by atoms with Crippen molar-refractivity contribution in [1.82, 2.24) is 20.1 Å². The zero-order chi connectivity index (χ0) is 18.7. The summed E-state index contributed by atoms with van der Waals surface area (Å²) < 4.78 is 7.52. The third-order valence-corrected chi connectivity index (χ3v) is 3.35. The first kappa shape index (κ1) is 24.6. The predicted octanol–water partition coefficient (Wildman–Crippen LogP) is 2.92. The monoisotopic (exact) mass is 479 g/mol. The Hall–Kier alpha value is -1.45. The number of likely N-dealkylation sites (N-methyl/N-ethyl adjacent to an activating group) is 1.